The molecular formula is C18H23NO2. The minimum absolute atomic E-state index is 0.0995. The van der Waals surface area contributed by atoms with Gasteiger partial charge in [0.15, 0.2) is 0 Å². The minimum atomic E-state index is 0.0995. The van der Waals surface area contributed by atoms with Gasteiger partial charge < -0.3 is 9.84 Å². The highest BCUT2D eigenvalue weighted by Gasteiger charge is 2.03. The molecule has 0 bridgehead atoms. The second-order valence-electron chi connectivity index (χ2n) is 5.22. The third-order valence-corrected chi connectivity index (χ3v) is 3.34. The van der Waals surface area contributed by atoms with Crippen molar-refractivity contribution in [2.24, 2.45) is 0 Å². The third-order valence-electron chi connectivity index (χ3n) is 3.34. The molecule has 0 heterocycles. The Morgan fingerprint density at radius 1 is 0.857 bits per heavy atom. The van der Waals surface area contributed by atoms with Crippen molar-refractivity contribution in [3.8, 4) is 5.75 Å². The van der Waals surface area contributed by atoms with Gasteiger partial charge in [0.2, 0.25) is 0 Å². The van der Waals surface area contributed by atoms with E-state index in [9.17, 15) is 0 Å². The van der Waals surface area contributed by atoms with Gasteiger partial charge in [0.05, 0.1) is 13.2 Å². The fraction of sp³-hybridized carbons (Fsp3) is 0.333. The van der Waals surface area contributed by atoms with Crippen LogP contribution in [0.3, 0.4) is 0 Å². The lowest BCUT2D eigenvalue weighted by Crippen LogP contribution is -2.17. The summed E-state index contributed by atoms with van der Waals surface area (Å²) < 4.78 is 5.45. The van der Waals surface area contributed by atoms with Crippen LogP contribution in [-0.2, 0) is 19.7 Å². The largest absolute Gasteiger partial charge is 0.494 e. The molecule has 0 spiro atoms. The Balaban J connectivity index is 1.89. The van der Waals surface area contributed by atoms with Crippen LogP contribution < -0.4 is 4.74 Å². The Morgan fingerprint density at radius 2 is 1.33 bits per heavy atom. The summed E-state index contributed by atoms with van der Waals surface area (Å²) in [6, 6.07) is 16.3. The van der Waals surface area contributed by atoms with E-state index >= 15 is 0 Å². The Kier molecular flexibility index (Phi) is 5.78. The maximum atomic E-state index is 9.05. The summed E-state index contributed by atoms with van der Waals surface area (Å²) in [7, 11) is 2.11. The zero-order valence-corrected chi connectivity index (χ0v) is 12.7. The molecule has 0 aliphatic rings. The molecule has 21 heavy (non-hydrogen) atoms. The maximum absolute atomic E-state index is 9.05. The van der Waals surface area contributed by atoms with E-state index in [1.807, 2.05) is 31.2 Å². The fourth-order valence-corrected chi connectivity index (χ4v) is 2.29. The van der Waals surface area contributed by atoms with Crippen molar-refractivity contribution < 1.29 is 9.84 Å². The monoisotopic (exact) mass is 285 g/mol. The van der Waals surface area contributed by atoms with Crippen molar-refractivity contribution in [3.05, 3.63) is 65.2 Å². The van der Waals surface area contributed by atoms with Crippen molar-refractivity contribution in [2.45, 2.75) is 26.6 Å². The topological polar surface area (TPSA) is 32.7 Å². The molecule has 3 nitrogen and oxygen atoms in total. The standard InChI is InChI=1S/C18H23NO2/c1-3-21-18-10-8-16(9-11-18)13-19(2)12-15-4-6-17(14-20)7-5-15/h4-11,20H,3,12-14H2,1-2H3. The number of hydrogen-bond donors (Lipinski definition) is 1. The molecule has 0 radical (unpaired) electrons. The van der Waals surface area contributed by atoms with Crippen LogP contribution in [0.1, 0.15) is 23.6 Å². The first-order valence-electron chi connectivity index (χ1n) is 7.30. The molecule has 0 fully saturated rings. The number of hydrogen-bond acceptors (Lipinski definition) is 3. The minimum Gasteiger partial charge on any atom is -0.494 e. The lowest BCUT2D eigenvalue weighted by atomic mass is 10.1. The molecule has 0 amide bonds. The van der Waals surface area contributed by atoms with Gasteiger partial charge in [-0.25, -0.2) is 0 Å². The van der Waals surface area contributed by atoms with Gasteiger partial charge in [0.25, 0.3) is 0 Å². The molecule has 2 aromatic rings. The molecule has 0 unspecified atom stereocenters. The van der Waals surface area contributed by atoms with E-state index in [-0.39, 0.29) is 6.61 Å². The highest BCUT2D eigenvalue weighted by molar-refractivity contribution is 5.27. The van der Waals surface area contributed by atoms with Crippen LogP contribution >= 0.6 is 0 Å². The van der Waals surface area contributed by atoms with Crippen LogP contribution in [0.5, 0.6) is 5.75 Å². The quantitative estimate of drug-likeness (QED) is 0.848. The van der Waals surface area contributed by atoms with Gasteiger partial charge in [0, 0.05) is 13.1 Å². The van der Waals surface area contributed by atoms with E-state index in [2.05, 4.69) is 36.2 Å². The van der Waals surface area contributed by atoms with Crippen LogP contribution in [0, 0.1) is 0 Å². The third kappa shape index (κ3) is 4.88. The lowest BCUT2D eigenvalue weighted by molar-refractivity contribution is 0.281. The summed E-state index contributed by atoms with van der Waals surface area (Å²) >= 11 is 0. The summed E-state index contributed by atoms with van der Waals surface area (Å²) in [6.07, 6.45) is 0. The Hall–Kier alpha value is -1.84. The number of benzene rings is 2. The summed E-state index contributed by atoms with van der Waals surface area (Å²) in [6.45, 7) is 4.57. The number of nitrogens with zero attached hydrogens (tertiary/aromatic N) is 1. The summed E-state index contributed by atoms with van der Waals surface area (Å²) in [4.78, 5) is 2.27. The highest BCUT2D eigenvalue weighted by atomic mass is 16.5. The van der Waals surface area contributed by atoms with Crippen molar-refractivity contribution in [1.29, 1.82) is 0 Å². The molecule has 0 saturated carbocycles. The first kappa shape index (κ1) is 15.5. The van der Waals surface area contributed by atoms with Crippen LogP contribution in [0.15, 0.2) is 48.5 Å². The van der Waals surface area contributed by atoms with Crippen LogP contribution in [-0.4, -0.2) is 23.7 Å². The number of aliphatic hydroxyl groups excluding tert-OH is 1. The fourth-order valence-electron chi connectivity index (χ4n) is 2.29. The second-order valence-corrected chi connectivity index (χ2v) is 5.22. The lowest BCUT2D eigenvalue weighted by Gasteiger charge is -2.17. The van der Waals surface area contributed by atoms with Gasteiger partial charge in [-0.1, -0.05) is 36.4 Å². The molecule has 0 aliphatic heterocycles. The van der Waals surface area contributed by atoms with E-state index in [0.717, 1.165) is 24.4 Å². The maximum Gasteiger partial charge on any atom is 0.119 e. The predicted molar refractivity (Wildman–Crippen MR) is 85.1 cm³/mol. The van der Waals surface area contributed by atoms with E-state index in [0.29, 0.717) is 6.61 Å². The summed E-state index contributed by atoms with van der Waals surface area (Å²) in [5.41, 5.74) is 3.47. The van der Waals surface area contributed by atoms with E-state index in [1.165, 1.54) is 11.1 Å². The highest BCUT2D eigenvalue weighted by Crippen LogP contribution is 2.14. The van der Waals surface area contributed by atoms with E-state index in [1.54, 1.807) is 0 Å². The zero-order valence-electron chi connectivity index (χ0n) is 12.7. The van der Waals surface area contributed by atoms with Crippen LogP contribution in [0.2, 0.25) is 0 Å². The van der Waals surface area contributed by atoms with Crippen molar-refractivity contribution in [3.63, 3.8) is 0 Å². The summed E-state index contributed by atoms with van der Waals surface area (Å²) in [5, 5.41) is 9.05. The van der Waals surface area contributed by atoms with Gasteiger partial charge in [-0.15, -0.1) is 0 Å². The summed E-state index contributed by atoms with van der Waals surface area (Å²) in [5.74, 6) is 0.920. The molecule has 2 aromatic carbocycles. The normalized spacial score (nSPS) is 10.9. The molecule has 3 heteroatoms. The van der Waals surface area contributed by atoms with E-state index in [4.69, 9.17) is 9.84 Å². The number of rotatable bonds is 7. The zero-order chi connectivity index (χ0) is 15.1. The molecular weight excluding hydrogens is 262 g/mol. The SMILES string of the molecule is CCOc1ccc(CN(C)Cc2ccc(CO)cc2)cc1. The molecule has 0 saturated heterocycles. The van der Waals surface area contributed by atoms with Crippen molar-refractivity contribution in [1.82, 2.24) is 4.90 Å². The van der Waals surface area contributed by atoms with Gasteiger partial charge in [0.1, 0.15) is 5.75 Å². The van der Waals surface area contributed by atoms with Crippen molar-refractivity contribution in [2.75, 3.05) is 13.7 Å². The molecule has 2 rings (SSSR count). The molecule has 112 valence electrons. The van der Waals surface area contributed by atoms with Crippen molar-refractivity contribution >= 4 is 0 Å². The first-order valence-corrected chi connectivity index (χ1v) is 7.30. The average Bonchev–Trinajstić information content (AvgIpc) is 2.50. The first-order chi connectivity index (χ1) is 10.2. The van der Waals surface area contributed by atoms with Gasteiger partial charge in [-0.3, -0.25) is 4.90 Å². The number of ether oxygens (including phenoxy) is 1. The molecule has 0 atom stereocenters. The second kappa shape index (κ2) is 7.81. The average molecular weight is 285 g/mol. The van der Waals surface area contributed by atoms with Gasteiger partial charge >= 0.3 is 0 Å². The Bertz CT molecular complexity index is 534. The smallest absolute Gasteiger partial charge is 0.119 e. The molecule has 1 N–H and O–H groups in total. The molecule has 0 aromatic heterocycles. The number of aliphatic hydroxyl groups is 1. The predicted octanol–water partition coefficient (Wildman–Crippen LogP) is 3.21. The van der Waals surface area contributed by atoms with Crippen LogP contribution in [0.4, 0.5) is 0 Å². The Morgan fingerprint density at radius 3 is 1.81 bits per heavy atom. The van der Waals surface area contributed by atoms with Crippen LogP contribution in [0.25, 0.3) is 0 Å². The van der Waals surface area contributed by atoms with Gasteiger partial charge in [-0.2, -0.15) is 0 Å². The Labute approximate surface area is 126 Å². The van der Waals surface area contributed by atoms with E-state index < -0.39 is 0 Å². The van der Waals surface area contributed by atoms with Gasteiger partial charge in [-0.05, 0) is 42.8 Å². The molecule has 0 aliphatic carbocycles.